The Morgan fingerprint density at radius 2 is 2.10 bits per heavy atom. The van der Waals surface area contributed by atoms with Gasteiger partial charge >= 0.3 is 5.97 Å². The molecule has 21 heavy (non-hydrogen) atoms. The molecule has 1 N–H and O–H groups in total. The number of aromatic nitrogens is 3. The molecule has 3 rings (SSSR count). The van der Waals surface area contributed by atoms with Gasteiger partial charge in [0.25, 0.3) is 0 Å². The lowest BCUT2D eigenvalue weighted by molar-refractivity contribution is -0.142. The Morgan fingerprint density at radius 3 is 2.76 bits per heavy atom. The molecule has 0 bridgehead atoms. The minimum Gasteiger partial charge on any atom is -0.481 e. The summed E-state index contributed by atoms with van der Waals surface area (Å²) in [4.78, 5) is 14.9. The van der Waals surface area contributed by atoms with Crippen molar-refractivity contribution in [1.82, 2.24) is 19.9 Å². The fourth-order valence-electron chi connectivity index (χ4n) is 2.80. The van der Waals surface area contributed by atoms with Gasteiger partial charge in [-0.1, -0.05) is 25.1 Å². The van der Waals surface area contributed by atoms with Crippen LogP contribution >= 0.6 is 0 Å². The predicted octanol–water partition coefficient (Wildman–Crippen LogP) is 1.42. The Morgan fingerprint density at radius 1 is 1.33 bits per heavy atom. The van der Waals surface area contributed by atoms with Crippen LogP contribution in [-0.2, 0) is 11.3 Å². The molecule has 0 radical (unpaired) electrons. The maximum Gasteiger partial charge on any atom is 0.308 e. The maximum atomic E-state index is 11.1. The van der Waals surface area contributed by atoms with Crippen LogP contribution in [0.15, 0.2) is 36.5 Å². The molecule has 1 aromatic heterocycles. The normalized spacial score (nSPS) is 22.5. The predicted molar refractivity (Wildman–Crippen MR) is 76.9 cm³/mol. The summed E-state index contributed by atoms with van der Waals surface area (Å²) in [5.74, 6) is -0.821. The van der Waals surface area contributed by atoms with Crippen molar-refractivity contribution in [2.75, 3.05) is 13.1 Å². The standard InChI is InChI=1S/C15H18N4O2/c1-11-8-18(10-14(11)15(20)21)9-12-7-16-19(17-12)13-5-3-2-4-6-13/h2-7,11,14H,8-10H2,1H3,(H,20,21). The molecular formula is C15H18N4O2. The van der Waals surface area contributed by atoms with Crippen LogP contribution in [-0.4, -0.2) is 44.1 Å². The average Bonchev–Trinajstić information content (AvgIpc) is 3.07. The molecule has 1 aliphatic heterocycles. The minimum atomic E-state index is -0.710. The number of aliphatic carboxylic acids is 1. The zero-order chi connectivity index (χ0) is 14.8. The zero-order valence-corrected chi connectivity index (χ0v) is 11.9. The van der Waals surface area contributed by atoms with Crippen molar-refractivity contribution in [3.63, 3.8) is 0 Å². The smallest absolute Gasteiger partial charge is 0.308 e. The first-order valence-electron chi connectivity index (χ1n) is 7.05. The van der Waals surface area contributed by atoms with E-state index in [0.717, 1.165) is 17.9 Å². The largest absolute Gasteiger partial charge is 0.481 e. The van der Waals surface area contributed by atoms with Gasteiger partial charge in [-0.2, -0.15) is 15.0 Å². The lowest BCUT2D eigenvalue weighted by atomic mass is 9.99. The molecule has 2 aromatic rings. The summed E-state index contributed by atoms with van der Waals surface area (Å²) in [7, 11) is 0. The second kappa shape index (κ2) is 5.65. The van der Waals surface area contributed by atoms with Gasteiger partial charge < -0.3 is 5.11 Å². The molecular weight excluding hydrogens is 268 g/mol. The molecule has 1 saturated heterocycles. The van der Waals surface area contributed by atoms with E-state index in [0.29, 0.717) is 13.1 Å². The van der Waals surface area contributed by atoms with Crippen molar-refractivity contribution < 1.29 is 9.90 Å². The van der Waals surface area contributed by atoms with Gasteiger partial charge in [0, 0.05) is 19.6 Å². The van der Waals surface area contributed by atoms with E-state index in [1.165, 1.54) is 0 Å². The van der Waals surface area contributed by atoms with Gasteiger partial charge in [0.05, 0.1) is 23.5 Å². The Labute approximate surface area is 123 Å². The highest BCUT2D eigenvalue weighted by Crippen LogP contribution is 2.24. The molecule has 0 saturated carbocycles. The summed E-state index contributed by atoms with van der Waals surface area (Å²) in [5, 5.41) is 17.9. The number of nitrogens with zero attached hydrogens (tertiary/aromatic N) is 4. The number of carboxylic acid groups (broad SMARTS) is 1. The van der Waals surface area contributed by atoms with Crippen molar-refractivity contribution in [2.24, 2.45) is 11.8 Å². The second-order valence-corrected chi connectivity index (χ2v) is 5.58. The summed E-state index contributed by atoms with van der Waals surface area (Å²) in [5.41, 5.74) is 1.78. The number of carbonyl (C=O) groups is 1. The summed E-state index contributed by atoms with van der Waals surface area (Å²) >= 11 is 0. The first-order valence-corrected chi connectivity index (χ1v) is 7.05. The van der Waals surface area contributed by atoms with Gasteiger partial charge in [-0.3, -0.25) is 9.69 Å². The van der Waals surface area contributed by atoms with Crippen LogP contribution in [0.2, 0.25) is 0 Å². The van der Waals surface area contributed by atoms with E-state index in [2.05, 4.69) is 15.1 Å². The van der Waals surface area contributed by atoms with Crippen molar-refractivity contribution in [1.29, 1.82) is 0 Å². The van der Waals surface area contributed by atoms with Crippen LogP contribution in [0, 0.1) is 11.8 Å². The summed E-state index contributed by atoms with van der Waals surface area (Å²) < 4.78 is 0. The molecule has 0 spiro atoms. The number of hydrogen-bond acceptors (Lipinski definition) is 4. The van der Waals surface area contributed by atoms with E-state index in [1.807, 2.05) is 37.3 Å². The van der Waals surface area contributed by atoms with Crippen LogP contribution in [0.5, 0.6) is 0 Å². The molecule has 2 atom stereocenters. The van der Waals surface area contributed by atoms with Crippen LogP contribution in [0.4, 0.5) is 0 Å². The number of para-hydroxylation sites is 1. The Balaban J connectivity index is 1.67. The van der Waals surface area contributed by atoms with E-state index in [-0.39, 0.29) is 11.8 Å². The van der Waals surface area contributed by atoms with Gasteiger partial charge in [-0.15, -0.1) is 0 Å². The second-order valence-electron chi connectivity index (χ2n) is 5.58. The molecule has 2 heterocycles. The van der Waals surface area contributed by atoms with Gasteiger partial charge in [0.15, 0.2) is 0 Å². The molecule has 1 aromatic carbocycles. The van der Waals surface area contributed by atoms with Crippen molar-refractivity contribution in [3.8, 4) is 5.69 Å². The number of likely N-dealkylation sites (tertiary alicyclic amines) is 1. The lowest BCUT2D eigenvalue weighted by Crippen LogP contribution is -2.23. The van der Waals surface area contributed by atoms with E-state index in [4.69, 9.17) is 5.11 Å². The van der Waals surface area contributed by atoms with Crippen LogP contribution in [0.25, 0.3) is 5.69 Å². The minimum absolute atomic E-state index is 0.173. The van der Waals surface area contributed by atoms with E-state index < -0.39 is 5.97 Å². The SMILES string of the molecule is CC1CN(Cc2cnn(-c3ccccc3)n2)CC1C(=O)O. The van der Waals surface area contributed by atoms with Crippen LogP contribution < -0.4 is 0 Å². The molecule has 6 heteroatoms. The topological polar surface area (TPSA) is 71.2 Å². The zero-order valence-electron chi connectivity index (χ0n) is 11.9. The molecule has 110 valence electrons. The first kappa shape index (κ1) is 13.8. The van der Waals surface area contributed by atoms with Crippen molar-refractivity contribution >= 4 is 5.97 Å². The average molecular weight is 286 g/mol. The van der Waals surface area contributed by atoms with E-state index in [1.54, 1.807) is 11.0 Å². The van der Waals surface area contributed by atoms with Crippen molar-refractivity contribution in [3.05, 3.63) is 42.2 Å². The number of carboxylic acids is 1. The molecule has 2 unspecified atom stereocenters. The maximum absolute atomic E-state index is 11.1. The van der Waals surface area contributed by atoms with Gasteiger partial charge in [0.1, 0.15) is 0 Å². The third-order valence-electron chi connectivity index (χ3n) is 3.92. The van der Waals surface area contributed by atoms with Crippen LogP contribution in [0.3, 0.4) is 0 Å². The Hall–Kier alpha value is -2.21. The highest BCUT2D eigenvalue weighted by Gasteiger charge is 2.34. The highest BCUT2D eigenvalue weighted by molar-refractivity contribution is 5.71. The highest BCUT2D eigenvalue weighted by atomic mass is 16.4. The fourth-order valence-corrected chi connectivity index (χ4v) is 2.80. The quantitative estimate of drug-likeness (QED) is 0.920. The van der Waals surface area contributed by atoms with Gasteiger partial charge in [-0.25, -0.2) is 0 Å². The summed E-state index contributed by atoms with van der Waals surface area (Å²) in [6.45, 7) is 3.99. The fraction of sp³-hybridized carbons (Fsp3) is 0.400. The molecule has 1 fully saturated rings. The third kappa shape index (κ3) is 2.95. The number of rotatable bonds is 4. The molecule has 1 aliphatic rings. The van der Waals surface area contributed by atoms with Crippen LogP contribution in [0.1, 0.15) is 12.6 Å². The number of benzene rings is 1. The summed E-state index contributed by atoms with van der Waals surface area (Å²) in [6.07, 6.45) is 1.74. The molecule has 0 aliphatic carbocycles. The monoisotopic (exact) mass is 286 g/mol. The Bertz CT molecular complexity index is 626. The number of hydrogen-bond donors (Lipinski definition) is 1. The third-order valence-corrected chi connectivity index (χ3v) is 3.92. The van der Waals surface area contributed by atoms with E-state index in [9.17, 15) is 4.79 Å². The molecule has 0 amide bonds. The Kier molecular flexibility index (Phi) is 3.70. The first-order chi connectivity index (χ1) is 10.1. The van der Waals surface area contributed by atoms with Gasteiger partial charge in [-0.05, 0) is 18.1 Å². The van der Waals surface area contributed by atoms with E-state index >= 15 is 0 Å². The van der Waals surface area contributed by atoms with Gasteiger partial charge in [0.2, 0.25) is 0 Å². The molecule has 6 nitrogen and oxygen atoms in total. The lowest BCUT2D eigenvalue weighted by Gasteiger charge is -2.12. The summed E-state index contributed by atoms with van der Waals surface area (Å²) in [6, 6.07) is 9.73. The van der Waals surface area contributed by atoms with Crippen molar-refractivity contribution in [2.45, 2.75) is 13.5 Å².